The normalized spacial score (nSPS) is 10.8. The first-order valence-electron chi connectivity index (χ1n) is 8.04. The van der Waals surface area contributed by atoms with Gasteiger partial charge in [-0.05, 0) is 31.2 Å². The molecule has 0 atom stereocenters. The Morgan fingerprint density at radius 2 is 2.04 bits per heavy atom. The van der Waals surface area contributed by atoms with Gasteiger partial charge in [0.2, 0.25) is 0 Å². The van der Waals surface area contributed by atoms with E-state index in [0.29, 0.717) is 34.3 Å². The molecule has 2 aromatic carbocycles. The van der Waals surface area contributed by atoms with Crippen LogP contribution in [0.15, 0.2) is 59.7 Å². The molecule has 0 radical (unpaired) electrons. The number of H-pyrrole nitrogens is 1. The van der Waals surface area contributed by atoms with Gasteiger partial charge in [0, 0.05) is 16.1 Å². The van der Waals surface area contributed by atoms with E-state index in [1.807, 2.05) is 43.3 Å². The molecule has 0 aliphatic heterocycles. The topological polar surface area (TPSA) is 79.4 Å². The lowest BCUT2D eigenvalue weighted by molar-refractivity contribution is 0.0950. The third-order valence-corrected chi connectivity index (χ3v) is 3.90. The molecule has 6 nitrogen and oxygen atoms in total. The van der Waals surface area contributed by atoms with Crippen molar-refractivity contribution in [2.75, 3.05) is 6.61 Å². The zero-order chi connectivity index (χ0) is 18.4. The average molecular weight is 369 g/mol. The number of benzene rings is 2. The quantitative estimate of drug-likeness (QED) is 0.511. The molecule has 0 bridgehead atoms. The van der Waals surface area contributed by atoms with E-state index < -0.39 is 5.91 Å². The number of nitrogens with one attached hydrogen (secondary N) is 2. The Morgan fingerprint density at radius 3 is 2.85 bits per heavy atom. The van der Waals surface area contributed by atoms with Crippen molar-refractivity contribution in [1.82, 2.24) is 15.6 Å². The number of nitrogens with zero attached hydrogens (tertiary/aromatic N) is 2. The van der Waals surface area contributed by atoms with Crippen molar-refractivity contribution in [2.24, 2.45) is 5.10 Å². The maximum atomic E-state index is 12.2. The zero-order valence-corrected chi connectivity index (χ0v) is 14.8. The summed E-state index contributed by atoms with van der Waals surface area (Å²) in [5.41, 5.74) is 4.89. The van der Waals surface area contributed by atoms with E-state index in [2.05, 4.69) is 20.7 Å². The molecular weight excluding hydrogens is 352 g/mol. The van der Waals surface area contributed by atoms with Crippen molar-refractivity contribution in [2.45, 2.75) is 6.92 Å². The van der Waals surface area contributed by atoms with Crippen LogP contribution < -0.4 is 10.2 Å². The molecule has 0 saturated carbocycles. The summed E-state index contributed by atoms with van der Waals surface area (Å²) >= 11 is 6.04. The zero-order valence-electron chi connectivity index (χ0n) is 14.1. The first-order valence-corrected chi connectivity index (χ1v) is 8.42. The highest BCUT2D eigenvalue weighted by Crippen LogP contribution is 2.28. The molecule has 2 N–H and O–H groups in total. The Bertz CT molecular complexity index is 937. The number of para-hydroxylation sites is 1. The van der Waals surface area contributed by atoms with E-state index in [0.717, 1.165) is 5.56 Å². The predicted octanol–water partition coefficient (Wildman–Crippen LogP) is 3.89. The van der Waals surface area contributed by atoms with Crippen molar-refractivity contribution >= 4 is 23.7 Å². The lowest BCUT2D eigenvalue weighted by Crippen LogP contribution is -2.18. The van der Waals surface area contributed by atoms with E-state index >= 15 is 0 Å². The summed E-state index contributed by atoms with van der Waals surface area (Å²) in [4.78, 5) is 12.2. The maximum absolute atomic E-state index is 12.2. The number of rotatable bonds is 6. The Balaban J connectivity index is 1.72. The number of aromatic nitrogens is 2. The average Bonchev–Trinajstić information content (AvgIpc) is 3.14. The van der Waals surface area contributed by atoms with Gasteiger partial charge in [0.1, 0.15) is 11.4 Å². The summed E-state index contributed by atoms with van der Waals surface area (Å²) in [5.74, 6) is 0.311. The Labute approximate surface area is 155 Å². The Hall–Kier alpha value is -3.12. The van der Waals surface area contributed by atoms with E-state index in [-0.39, 0.29) is 0 Å². The van der Waals surface area contributed by atoms with Crippen molar-refractivity contribution in [3.05, 3.63) is 70.9 Å². The molecule has 0 fully saturated rings. The van der Waals surface area contributed by atoms with Crippen LogP contribution in [0.2, 0.25) is 5.02 Å². The predicted molar refractivity (Wildman–Crippen MR) is 102 cm³/mol. The highest BCUT2D eigenvalue weighted by Gasteiger charge is 2.13. The van der Waals surface area contributed by atoms with E-state index in [9.17, 15) is 4.79 Å². The summed E-state index contributed by atoms with van der Waals surface area (Å²) < 4.78 is 5.60. The highest BCUT2D eigenvalue weighted by atomic mass is 35.5. The minimum atomic E-state index is -0.402. The first-order chi connectivity index (χ1) is 12.7. The van der Waals surface area contributed by atoms with Gasteiger partial charge in [-0.15, -0.1) is 0 Å². The van der Waals surface area contributed by atoms with Gasteiger partial charge in [0.05, 0.1) is 18.5 Å². The lowest BCUT2D eigenvalue weighted by atomic mass is 10.1. The van der Waals surface area contributed by atoms with Gasteiger partial charge in [0.15, 0.2) is 0 Å². The van der Waals surface area contributed by atoms with Crippen LogP contribution in [0.4, 0.5) is 0 Å². The van der Waals surface area contributed by atoms with Crippen molar-refractivity contribution < 1.29 is 9.53 Å². The van der Waals surface area contributed by atoms with Gasteiger partial charge in [-0.1, -0.05) is 41.9 Å². The molecule has 1 amide bonds. The first kappa shape index (κ1) is 17.7. The number of hydrazone groups is 1. The third-order valence-electron chi connectivity index (χ3n) is 3.56. The van der Waals surface area contributed by atoms with Crippen LogP contribution in [0.1, 0.15) is 23.0 Å². The number of hydrogen-bond donors (Lipinski definition) is 2. The molecule has 3 aromatic rings. The highest BCUT2D eigenvalue weighted by molar-refractivity contribution is 6.33. The second kappa shape index (κ2) is 8.31. The molecular formula is C19H17ClN4O2. The standard InChI is InChI=1S/C19H17ClN4O2/c1-2-26-18-10-6-4-8-14(18)16-11-17(23-22-16)19(25)24-21-12-13-7-3-5-9-15(13)20/h3-12H,2H2,1H3,(H,22,23)(H,24,25)/b21-12+. The van der Waals surface area contributed by atoms with Crippen LogP contribution >= 0.6 is 11.6 Å². The number of amides is 1. The van der Waals surface area contributed by atoms with Gasteiger partial charge < -0.3 is 4.74 Å². The summed E-state index contributed by atoms with van der Waals surface area (Å²) in [7, 11) is 0. The lowest BCUT2D eigenvalue weighted by Gasteiger charge is -2.07. The van der Waals surface area contributed by atoms with Gasteiger partial charge >= 0.3 is 0 Å². The molecule has 1 heterocycles. The van der Waals surface area contributed by atoms with Crippen LogP contribution in [0.5, 0.6) is 5.75 Å². The SMILES string of the molecule is CCOc1ccccc1-c1cc(C(=O)N/N=C/c2ccccc2Cl)[nH]n1. The second-order valence-corrected chi connectivity index (χ2v) is 5.72. The molecule has 26 heavy (non-hydrogen) atoms. The Kier molecular flexibility index (Phi) is 5.66. The number of carbonyl (C=O) groups is 1. The second-order valence-electron chi connectivity index (χ2n) is 5.32. The van der Waals surface area contributed by atoms with Gasteiger partial charge in [-0.25, -0.2) is 5.43 Å². The number of halogens is 1. The minimum absolute atomic E-state index is 0.294. The fourth-order valence-corrected chi connectivity index (χ4v) is 2.52. The fourth-order valence-electron chi connectivity index (χ4n) is 2.34. The maximum Gasteiger partial charge on any atom is 0.289 e. The number of ether oxygens (including phenoxy) is 1. The monoisotopic (exact) mass is 368 g/mol. The summed E-state index contributed by atoms with van der Waals surface area (Å²) in [6.07, 6.45) is 1.49. The molecule has 0 unspecified atom stereocenters. The third kappa shape index (κ3) is 4.10. The molecule has 0 aliphatic carbocycles. The molecule has 132 valence electrons. The fraction of sp³-hybridized carbons (Fsp3) is 0.105. The van der Waals surface area contributed by atoms with Crippen LogP contribution in [-0.4, -0.2) is 28.9 Å². The molecule has 0 spiro atoms. The Morgan fingerprint density at radius 1 is 1.27 bits per heavy atom. The van der Waals surface area contributed by atoms with Gasteiger partial charge in [-0.3, -0.25) is 9.89 Å². The van der Waals surface area contributed by atoms with Crippen molar-refractivity contribution in [3.63, 3.8) is 0 Å². The van der Waals surface area contributed by atoms with Gasteiger partial charge in [-0.2, -0.15) is 10.2 Å². The van der Waals surface area contributed by atoms with Crippen molar-refractivity contribution in [1.29, 1.82) is 0 Å². The van der Waals surface area contributed by atoms with E-state index in [1.54, 1.807) is 18.2 Å². The van der Waals surface area contributed by atoms with Crippen LogP contribution in [0.3, 0.4) is 0 Å². The van der Waals surface area contributed by atoms with Crippen LogP contribution in [0, 0.1) is 0 Å². The summed E-state index contributed by atoms with van der Waals surface area (Å²) in [6.45, 7) is 2.46. The van der Waals surface area contributed by atoms with Crippen LogP contribution in [0.25, 0.3) is 11.3 Å². The van der Waals surface area contributed by atoms with E-state index in [4.69, 9.17) is 16.3 Å². The van der Waals surface area contributed by atoms with Crippen LogP contribution in [-0.2, 0) is 0 Å². The largest absolute Gasteiger partial charge is 0.493 e. The smallest absolute Gasteiger partial charge is 0.289 e. The molecule has 1 aromatic heterocycles. The number of aromatic amines is 1. The molecule has 7 heteroatoms. The van der Waals surface area contributed by atoms with Gasteiger partial charge in [0.25, 0.3) is 5.91 Å². The van der Waals surface area contributed by atoms with Crippen molar-refractivity contribution in [3.8, 4) is 17.0 Å². The molecule has 3 rings (SSSR count). The van der Waals surface area contributed by atoms with E-state index in [1.165, 1.54) is 6.21 Å². The summed E-state index contributed by atoms with van der Waals surface area (Å²) in [5, 5.41) is 11.4. The molecule has 0 saturated heterocycles. The molecule has 0 aliphatic rings. The number of carbonyl (C=O) groups excluding carboxylic acids is 1. The number of hydrogen-bond acceptors (Lipinski definition) is 4. The minimum Gasteiger partial charge on any atom is -0.493 e. The summed E-state index contributed by atoms with van der Waals surface area (Å²) in [6, 6.07) is 16.4.